The van der Waals surface area contributed by atoms with E-state index >= 15 is 0 Å². The maximum atomic E-state index is 6.15. The van der Waals surface area contributed by atoms with Crippen LogP contribution in [0.15, 0.2) is 45.5 Å². The predicted octanol–water partition coefficient (Wildman–Crippen LogP) is 3.56. The molecule has 1 unspecified atom stereocenters. The lowest BCUT2D eigenvalue weighted by atomic mass is 10.0. The zero-order valence-corrected chi connectivity index (χ0v) is 12.0. The van der Waals surface area contributed by atoms with E-state index in [0.29, 0.717) is 0 Å². The Bertz CT molecular complexity index is 391. The van der Waals surface area contributed by atoms with Gasteiger partial charge in [-0.25, -0.2) is 0 Å². The highest BCUT2D eigenvalue weighted by Crippen LogP contribution is 2.24. The van der Waals surface area contributed by atoms with Gasteiger partial charge in [-0.1, -0.05) is 15.9 Å². The first-order valence-corrected chi connectivity index (χ1v) is 7.48. The zero-order chi connectivity index (χ0) is 12.1. The van der Waals surface area contributed by atoms with E-state index in [1.165, 1.54) is 10.5 Å². The van der Waals surface area contributed by atoms with Gasteiger partial charge in [-0.15, -0.1) is 11.8 Å². The van der Waals surface area contributed by atoms with Crippen molar-refractivity contribution in [2.75, 3.05) is 12.4 Å². The van der Waals surface area contributed by atoms with Gasteiger partial charge in [0.2, 0.25) is 0 Å². The molecule has 2 nitrogen and oxygen atoms in total. The largest absolute Gasteiger partial charge is 0.501 e. The number of thioether (sulfide) groups is 1. The Balaban J connectivity index is 1.85. The molecule has 1 aliphatic heterocycles. The van der Waals surface area contributed by atoms with Crippen LogP contribution in [-0.4, -0.2) is 18.4 Å². The summed E-state index contributed by atoms with van der Waals surface area (Å²) in [7, 11) is 0. The van der Waals surface area contributed by atoms with Crippen LogP contribution in [0.1, 0.15) is 12.8 Å². The molecule has 0 spiro atoms. The monoisotopic (exact) mass is 313 g/mol. The number of hydrogen-bond acceptors (Lipinski definition) is 3. The molecule has 4 heteroatoms. The summed E-state index contributed by atoms with van der Waals surface area (Å²) in [6.45, 7) is 0.829. The number of rotatable bonds is 4. The average molecular weight is 314 g/mol. The van der Waals surface area contributed by atoms with Gasteiger partial charge in [0.25, 0.3) is 0 Å². The van der Waals surface area contributed by atoms with Crippen molar-refractivity contribution >= 4 is 27.7 Å². The SMILES string of the molecule is NC(CSc1ccc(Br)cc1)C1=COCCC1. The van der Waals surface area contributed by atoms with Crippen LogP contribution in [0, 0.1) is 0 Å². The Hall–Kier alpha value is -0.450. The average Bonchev–Trinajstić information content (AvgIpc) is 2.39. The molecule has 0 aliphatic carbocycles. The molecule has 1 heterocycles. The Labute approximate surface area is 115 Å². The molecule has 0 fully saturated rings. The van der Waals surface area contributed by atoms with Crippen LogP contribution in [0.5, 0.6) is 0 Å². The van der Waals surface area contributed by atoms with Crippen LogP contribution < -0.4 is 5.73 Å². The van der Waals surface area contributed by atoms with Gasteiger partial charge in [0.15, 0.2) is 0 Å². The smallest absolute Gasteiger partial charge is 0.0876 e. The van der Waals surface area contributed by atoms with Gasteiger partial charge >= 0.3 is 0 Å². The summed E-state index contributed by atoms with van der Waals surface area (Å²) in [5.74, 6) is 0.900. The fraction of sp³-hybridized carbons (Fsp3) is 0.385. The lowest BCUT2D eigenvalue weighted by Crippen LogP contribution is -2.27. The van der Waals surface area contributed by atoms with Crippen LogP contribution >= 0.6 is 27.7 Å². The maximum Gasteiger partial charge on any atom is 0.0876 e. The highest BCUT2D eigenvalue weighted by atomic mass is 79.9. The van der Waals surface area contributed by atoms with Crippen LogP contribution in [0.2, 0.25) is 0 Å². The van der Waals surface area contributed by atoms with Gasteiger partial charge < -0.3 is 10.5 Å². The summed E-state index contributed by atoms with van der Waals surface area (Å²) in [4.78, 5) is 1.25. The second-order valence-corrected chi connectivity index (χ2v) is 6.05. The highest BCUT2D eigenvalue weighted by molar-refractivity contribution is 9.10. The highest BCUT2D eigenvalue weighted by Gasteiger charge is 2.13. The van der Waals surface area contributed by atoms with E-state index in [1.54, 1.807) is 11.8 Å². The lowest BCUT2D eigenvalue weighted by Gasteiger charge is -2.19. The third-order valence-corrected chi connectivity index (χ3v) is 4.34. The molecule has 2 N–H and O–H groups in total. The lowest BCUT2D eigenvalue weighted by molar-refractivity contribution is 0.222. The van der Waals surface area contributed by atoms with E-state index in [2.05, 4.69) is 40.2 Å². The topological polar surface area (TPSA) is 35.2 Å². The van der Waals surface area contributed by atoms with E-state index in [-0.39, 0.29) is 6.04 Å². The fourth-order valence-electron chi connectivity index (χ4n) is 1.68. The van der Waals surface area contributed by atoms with Gasteiger partial charge in [0, 0.05) is 21.2 Å². The van der Waals surface area contributed by atoms with Gasteiger partial charge in [-0.05, 0) is 42.7 Å². The van der Waals surface area contributed by atoms with Crippen LogP contribution in [0.3, 0.4) is 0 Å². The van der Waals surface area contributed by atoms with E-state index in [9.17, 15) is 0 Å². The number of halogens is 1. The van der Waals surface area contributed by atoms with Crippen molar-refractivity contribution in [2.24, 2.45) is 5.73 Å². The van der Waals surface area contributed by atoms with E-state index in [0.717, 1.165) is 29.7 Å². The number of ether oxygens (including phenoxy) is 1. The minimum atomic E-state index is 0.101. The van der Waals surface area contributed by atoms with E-state index in [4.69, 9.17) is 10.5 Å². The minimum absolute atomic E-state index is 0.101. The second kappa shape index (κ2) is 6.47. The molecular weight excluding hydrogens is 298 g/mol. The van der Waals surface area contributed by atoms with E-state index < -0.39 is 0 Å². The minimum Gasteiger partial charge on any atom is -0.501 e. The molecule has 92 valence electrons. The van der Waals surface area contributed by atoms with Crippen molar-refractivity contribution in [3.63, 3.8) is 0 Å². The normalized spacial score (nSPS) is 17.2. The Morgan fingerprint density at radius 3 is 2.76 bits per heavy atom. The molecule has 0 amide bonds. The molecule has 1 aromatic carbocycles. The molecule has 0 bridgehead atoms. The number of nitrogens with two attached hydrogens (primary N) is 1. The summed E-state index contributed by atoms with van der Waals surface area (Å²) in [5.41, 5.74) is 7.38. The molecule has 1 aliphatic rings. The first-order chi connectivity index (χ1) is 8.25. The van der Waals surface area contributed by atoms with Gasteiger partial charge in [-0.2, -0.15) is 0 Å². The predicted molar refractivity (Wildman–Crippen MR) is 76.1 cm³/mol. The summed E-state index contributed by atoms with van der Waals surface area (Å²) in [6.07, 6.45) is 4.00. The first-order valence-electron chi connectivity index (χ1n) is 5.70. The van der Waals surface area contributed by atoms with Crippen molar-refractivity contribution in [1.82, 2.24) is 0 Å². The summed E-state index contributed by atoms with van der Waals surface area (Å²) < 4.78 is 6.42. The molecule has 0 saturated carbocycles. The van der Waals surface area contributed by atoms with E-state index in [1.807, 2.05) is 6.26 Å². The molecular formula is C13H16BrNOS. The van der Waals surface area contributed by atoms with Gasteiger partial charge in [0.1, 0.15) is 0 Å². The molecule has 2 rings (SSSR count). The molecule has 0 radical (unpaired) electrons. The quantitative estimate of drug-likeness (QED) is 0.863. The third kappa shape index (κ3) is 4.05. The van der Waals surface area contributed by atoms with Crippen molar-refractivity contribution in [2.45, 2.75) is 23.8 Å². The molecule has 0 saturated heterocycles. The van der Waals surface area contributed by atoms with Gasteiger partial charge in [0.05, 0.1) is 12.9 Å². The Morgan fingerprint density at radius 1 is 1.35 bits per heavy atom. The molecule has 1 atom stereocenters. The summed E-state index contributed by atoms with van der Waals surface area (Å²) >= 11 is 5.22. The number of hydrogen-bond donors (Lipinski definition) is 1. The molecule has 1 aromatic rings. The van der Waals surface area contributed by atoms with Crippen molar-refractivity contribution in [1.29, 1.82) is 0 Å². The third-order valence-electron chi connectivity index (χ3n) is 2.68. The zero-order valence-electron chi connectivity index (χ0n) is 9.56. The summed E-state index contributed by atoms with van der Waals surface area (Å²) in [5, 5.41) is 0. The van der Waals surface area contributed by atoms with Crippen LogP contribution in [-0.2, 0) is 4.74 Å². The maximum absolute atomic E-state index is 6.15. The van der Waals surface area contributed by atoms with Gasteiger partial charge in [-0.3, -0.25) is 0 Å². The van der Waals surface area contributed by atoms with Crippen molar-refractivity contribution < 1.29 is 4.74 Å². The van der Waals surface area contributed by atoms with Crippen molar-refractivity contribution in [3.05, 3.63) is 40.6 Å². The van der Waals surface area contributed by atoms with Crippen LogP contribution in [0.4, 0.5) is 0 Å². The Morgan fingerprint density at radius 2 is 2.12 bits per heavy atom. The molecule has 17 heavy (non-hydrogen) atoms. The second-order valence-electron chi connectivity index (χ2n) is 4.04. The molecule has 0 aromatic heterocycles. The number of benzene rings is 1. The standard InChI is InChI=1S/C13H16BrNOS/c14-11-3-5-12(6-4-11)17-9-13(15)10-2-1-7-16-8-10/h3-6,8,13H,1-2,7,9,15H2. The Kier molecular flexibility index (Phi) is 4.95. The van der Waals surface area contributed by atoms with Crippen molar-refractivity contribution in [3.8, 4) is 0 Å². The fourth-order valence-corrected chi connectivity index (χ4v) is 2.86. The first kappa shape index (κ1) is 13.0. The summed E-state index contributed by atoms with van der Waals surface area (Å²) in [6, 6.07) is 8.41. The van der Waals surface area contributed by atoms with Crippen LogP contribution in [0.25, 0.3) is 0 Å².